The van der Waals surface area contributed by atoms with Crippen LogP contribution in [0.2, 0.25) is 0 Å². The number of rotatable bonds is 18. The average Bonchev–Trinajstić information content (AvgIpc) is 2.57. The highest BCUT2D eigenvalue weighted by atomic mass is 16.6. The molecule has 0 bridgehead atoms. The lowest BCUT2D eigenvalue weighted by Crippen LogP contribution is -2.28. The van der Waals surface area contributed by atoms with Crippen molar-refractivity contribution in [2.45, 2.75) is 109 Å². The number of aliphatic carboxylic acids is 1. The third kappa shape index (κ3) is 15.9. The normalized spacial score (nSPS) is 12.5. The van der Waals surface area contributed by atoms with Crippen molar-refractivity contribution in [2.75, 3.05) is 0 Å². The molecule has 146 valence electrons. The van der Waals surface area contributed by atoms with E-state index in [-0.39, 0.29) is 6.42 Å². The molecular formula is C20H37NO4. The van der Waals surface area contributed by atoms with Crippen LogP contribution in [0.4, 0.5) is 0 Å². The van der Waals surface area contributed by atoms with Crippen LogP contribution in [0, 0.1) is 10.1 Å². The molecule has 0 spiro atoms. The zero-order chi connectivity index (χ0) is 18.8. The monoisotopic (exact) mass is 355 g/mol. The predicted molar refractivity (Wildman–Crippen MR) is 102 cm³/mol. The second-order valence-corrected chi connectivity index (χ2v) is 6.87. The zero-order valence-electron chi connectivity index (χ0n) is 16.0. The molecule has 0 aromatic rings. The fraction of sp³-hybridized carbons (Fsp3) is 0.850. The van der Waals surface area contributed by atoms with Gasteiger partial charge in [0.1, 0.15) is 0 Å². The largest absolute Gasteiger partial charge is 0.476 e. The van der Waals surface area contributed by atoms with Gasteiger partial charge in [-0.15, -0.1) is 0 Å². The summed E-state index contributed by atoms with van der Waals surface area (Å²) >= 11 is 0. The summed E-state index contributed by atoms with van der Waals surface area (Å²) in [6.45, 7) is 2.25. The van der Waals surface area contributed by atoms with E-state index in [1.54, 1.807) is 0 Å². The maximum absolute atomic E-state index is 10.7. The van der Waals surface area contributed by atoms with Crippen molar-refractivity contribution in [1.82, 2.24) is 0 Å². The Kier molecular flexibility index (Phi) is 16.5. The Morgan fingerprint density at radius 2 is 1.32 bits per heavy atom. The van der Waals surface area contributed by atoms with Crippen LogP contribution in [0.3, 0.4) is 0 Å². The maximum Gasteiger partial charge on any atom is 0.379 e. The van der Waals surface area contributed by atoms with E-state index in [2.05, 4.69) is 19.1 Å². The molecular weight excluding hydrogens is 318 g/mol. The summed E-state index contributed by atoms with van der Waals surface area (Å²) in [7, 11) is 0. The molecule has 0 fully saturated rings. The first kappa shape index (κ1) is 23.6. The lowest BCUT2D eigenvalue weighted by molar-refractivity contribution is -0.511. The molecule has 0 saturated carbocycles. The van der Waals surface area contributed by atoms with Crippen LogP contribution in [-0.2, 0) is 4.79 Å². The number of carboxylic acid groups (broad SMARTS) is 1. The third-order valence-electron chi connectivity index (χ3n) is 4.53. The summed E-state index contributed by atoms with van der Waals surface area (Å²) in [5, 5.41) is 19.3. The first-order valence-corrected chi connectivity index (χ1v) is 10.1. The second-order valence-electron chi connectivity index (χ2n) is 6.87. The number of nitrogens with zero attached hydrogens (tertiary/aromatic N) is 1. The van der Waals surface area contributed by atoms with Crippen LogP contribution in [0.1, 0.15) is 103 Å². The van der Waals surface area contributed by atoms with E-state index in [4.69, 9.17) is 5.11 Å². The topological polar surface area (TPSA) is 80.4 Å². The summed E-state index contributed by atoms with van der Waals surface area (Å²) in [4.78, 5) is 20.5. The molecule has 0 saturated heterocycles. The van der Waals surface area contributed by atoms with Crippen molar-refractivity contribution >= 4 is 5.97 Å². The molecule has 0 radical (unpaired) electrons. The van der Waals surface area contributed by atoms with Gasteiger partial charge >= 0.3 is 12.0 Å². The molecule has 0 aliphatic carbocycles. The smallest absolute Gasteiger partial charge is 0.379 e. The van der Waals surface area contributed by atoms with Gasteiger partial charge in [-0.25, -0.2) is 4.79 Å². The number of nitro groups is 1. The van der Waals surface area contributed by atoms with Crippen LogP contribution >= 0.6 is 0 Å². The van der Waals surface area contributed by atoms with Gasteiger partial charge in [-0.2, -0.15) is 0 Å². The highest BCUT2D eigenvalue weighted by molar-refractivity contribution is 5.71. The summed E-state index contributed by atoms with van der Waals surface area (Å²) in [5.74, 6) is -1.33. The maximum atomic E-state index is 10.7. The Hall–Kier alpha value is -1.39. The first-order chi connectivity index (χ1) is 12.1. The van der Waals surface area contributed by atoms with Gasteiger partial charge in [-0.05, 0) is 32.1 Å². The number of unbranched alkanes of at least 4 members (excludes halogenated alkanes) is 12. The van der Waals surface area contributed by atoms with Crippen molar-refractivity contribution in [3.05, 3.63) is 22.3 Å². The fourth-order valence-electron chi connectivity index (χ4n) is 2.90. The molecule has 0 amide bonds. The van der Waals surface area contributed by atoms with Crippen LogP contribution in [0.5, 0.6) is 0 Å². The molecule has 0 aromatic carbocycles. The third-order valence-corrected chi connectivity index (χ3v) is 4.53. The molecule has 5 nitrogen and oxygen atoms in total. The van der Waals surface area contributed by atoms with Gasteiger partial charge in [0.2, 0.25) is 0 Å². The predicted octanol–water partition coefficient (Wildman–Crippen LogP) is 6.14. The SMILES string of the molecule is CCCCCCCCCC/C=C/CCCCCCC(C(=O)O)[N+](=O)[O-]. The minimum absolute atomic E-state index is 0.136. The number of hydrogen-bond acceptors (Lipinski definition) is 3. The van der Waals surface area contributed by atoms with E-state index in [0.29, 0.717) is 6.42 Å². The van der Waals surface area contributed by atoms with Gasteiger partial charge in [0, 0.05) is 11.3 Å². The highest BCUT2D eigenvalue weighted by Gasteiger charge is 2.27. The molecule has 5 heteroatoms. The van der Waals surface area contributed by atoms with E-state index < -0.39 is 16.9 Å². The Balaban J connectivity index is 3.33. The molecule has 25 heavy (non-hydrogen) atoms. The van der Waals surface area contributed by atoms with Gasteiger partial charge in [0.05, 0.1) is 0 Å². The van der Waals surface area contributed by atoms with Crippen molar-refractivity contribution in [1.29, 1.82) is 0 Å². The quantitative estimate of drug-likeness (QED) is 0.138. The average molecular weight is 356 g/mol. The number of hydrogen-bond donors (Lipinski definition) is 1. The Labute approximate surface area is 153 Å². The minimum atomic E-state index is -1.44. The zero-order valence-corrected chi connectivity index (χ0v) is 16.0. The van der Waals surface area contributed by atoms with Crippen molar-refractivity contribution in [3.63, 3.8) is 0 Å². The van der Waals surface area contributed by atoms with E-state index in [9.17, 15) is 14.9 Å². The van der Waals surface area contributed by atoms with E-state index >= 15 is 0 Å². The van der Waals surface area contributed by atoms with Crippen LogP contribution in [-0.4, -0.2) is 22.0 Å². The van der Waals surface area contributed by atoms with E-state index in [0.717, 1.165) is 32.1 Å². The summed E-state index contributed by atoms with van der Waals surface area (Å²) in [5.41, 5.74) is 0. The fourth-order valence-corrected chi connectivity index (χ4v) is 2.90. The Morgan fingerprint density at radius 1 is 0.880 bits per heavy atom. The Bertz CT molecular complexity index is 355. The molecule has 0 aromatic heterocycles. The van der Waals surface area contributed by atoms with Gasteiger partial charge in [-0.3, -0.25) is 10.1 Å². The van der Waals surface area contributed by atoms with Crippen molar-refractivity contribution in [3.8, 4) is 0 Å². The van der Waals surface area contributed by atoms with Crippen LogP contribution in [0.25, 0.3) is 0 Å². The molecule has 0 rings (SSSR count). The number of carbonyl (C=O) groups is 1. The molecule has 1 N–H and O–H groups in total. The van der Waals surface area contributed by atoms with Crippen molar-refractivity contribution in [2.24, 2.45) is 0 Å². The van der Waals surface area contributed by atoms with Gasteiger partial charge in [0.25, 0.3) is 0 Å². The summed E-state index contributed by atoms with van der Waals surface area (Å²) < 4.78 is 0. The van der Waals surface area contributed by atoms with E-state index in [1.807, 2.05) is 0 Å². The van der Waals surface area contributed by atoms with E-state index in [1.165, 1.54) is 51.4 Å². The highest BCUT2D eigenvalue weighted by Crippen LogP contribution is 2.11. The van der Waals surface area contributed by atoms with Crippen molar-refractivity contribution < 1.29 is 14.8 Å². The van der Waals surface area contributed by atoms with Crippen LogP contribution in [0.15, 0.2) is 12.2 Å². The van der Waals surface area contributed by atoms with Gasteiger partial charge < -0.3 is 5.11 Å². The summed E-state index contributed by atoms with van der Waals surface area (Å²) in [6.07, 6.45) is 21.2. The number of allylic oxidation sites excluding steroid dienone is 2. The first-order valence-electron chi connectivity index (χ1n) is 10.1. The number of carboxylic acids is 1. The molecule has 1 atom stereocenters. The second kappa shape index (κ2) is 17.4. The van der Waals surface area contributed by atoms with Crippen LogP contribution < -0.4 is 0 Å². The van der Waals surface area contributed by atoms with Gasteiger partial charge in [-0.1, -0.05) is 76.9 Å². The lowest BCUT2D eigenvalue weighted by Gasteiger charge is -2.04. The minimum Gasteiger partial charge on any atom is -0.476 e. The molecule has 0 aliphatic rings. The lowest BCUT2D eigenvalue weighted by atomic mass is 10.1. The molecule has 1 unspecified atom stereocenters. The Morgan fingerprint density at radius 3 is 1.76 bits per heavy atom. The summed E-state index contributed by atoms with van der Waals surface area (Å²) in [6, 6.07) is -1.44. The standard InChI is InChI=1S/C20H37NO4/c1-2-3-4-5-6-7-8-9-10-11-12-13-14-15-16-17-18-19(20(22)23)21(24)25/h11-12,19H,2-10,13-18H2,1H3,(H,22,23)/b12-11+. The molecule has 0 heterocycles. The molecule has 0 aliphatic heterocycles. The van der Waals surface area contributed by atoms with Gasteiger partial charge in [0.15, 0.2) is 0 Å².